The lowest BCUT2D eigenvalue weighted by Gasteiger charge is -1.93. The molecule has 0 aliphatic heterocycles. The summed E-state index contributed by atoms with van der Waals surface area (Å²) in [5, 5.41) is 9.23. The standard InChI is InChI=1S/C12H10N2S2.C2HF3O2/c13-10-3-4-14-11-7-9(16-12(10)11)6-8-2-1-5-15-8;3-2(4,5)1(6)7/h1-5,7H,6H2,(H2,13,14);(H,6,7). The van der Waals surface area contributed by atoms with Crippen LogP contribution in [0.1, 0.15) is 9.75 Å². The predicted molar refractivity (Wildman–Crippen MR) is 84.8 cm³/mol. The van der Waals surface area contributed by atoms with Crippen LogP contribution in [0.5, 0.6) is 0 Å². The molecule has 122 valence electrons. The van der Waals surface area contributed by atoms with Crippen molar-refractivity contribution in [3.05, 3.63) is 45.6 Å². The molecule has 9 heteroatoms. The van der Waals surface area contributed by atoms with Crippen LogP contribution in [0.25, 0.3) is 10.2 Å². The third kappa shape index (κ3) is 4.67. The number of nitrogens with zero attached hydrogens (tertiary/aromatic N) is 1. The minimum Gasteiger partial charge on any atom is -0.475 e. The fourth-order valence-corrected chi connectivity index (χ4v) is 3.56. The van der Waals surface area contributed by atoms with Gasteiger partial charge in [-0.3, -0.25) is 4.98 Å². The minimum atomic E-state index is -5.08. The molecule has 3 heterocycles. The van der Waals surface area contributed by atoms with Crippen molar-refractivity contribution < 1.29 is 23.1 Å². The van der Waals surface area contributed by atoms with Crippen LogP contribution >= 0.6 is 22.7 Å². The Kier molecular flexibility index (Phi) is 5.22. The van der Waals surface area contributed by atoms with Crippen molar-refractivity contribution in [2.45, 2.75) is 12.6 Å². The largest absolute Gasteiger partial charge is 0.490 e. The van der Waals surface area contributed by atoms with Gasteiger partial charge in [-0.15, -0.1) is 22.7 Å². The Morgan fingerprint density at radius 2 is 2.00 bits per heavy atom. The number of halogens is 3. The van der Waals surface area contributed by atoms with Gasteiger partial charge in [-0.1, -0.05) is 6.07 Å². The Labute approximate surface area is 137 Å². The van der Waals surface area contributed by atoms with Gasteiger partial charge >= 0.3 is 12.1 Å². The number of pyridine rings is 1. The van der Waals surface area contributed by atoms with Crippen LogP contribution in [0.3, 0.4) is 0 Å². The molecule has 3 N–H and O–H groups in total. The third-order valence-electron chi connectivity index (χ3n) is 2.66. The van der Waals surface area contributed by atoms with Gasteiger partial charge in [0.25, 0.3) is 0 Å². The summed E-state index contributed by atoms with van der Waals surface area (Å²) in [7, 11) is 0. The van der Waals surface area contributed by atoms with Crippen LogP contribution in [-0.2, 0) is 11.2 Å². The SMILES string of the molecule is Nc1ccnc2cc(Cc3cccs3)sc12.O=C(O)C(F)(F)F. The molecule has 3 aromatic heterocycles. The van der Waals surface area contributed by atoms with E-state index in [0.29, 0.717) is 0 Å². The van der Waals surface area contributed by atoms with Crippen LogP contribution in [-0.4, -0.2) is 22.2 Å². The maximum Gasteiger partial charge on any atom is 0.490 e. The van der Waals surface area contributed by atoms with E-state index in [1.54, 1.807) is 28.9 Å². The average Bonchev–Trinajstić information content (AvgIpc) is 3.08. The average molecular weight is 360 g/mol. The topological polar surface area (TPSA) is 76.2 Å². The lowest BCUT2D eigenvalue weighted by atomic mass is 10.3. The van der Waals surface area contributed by atoms with E-state index in [9.17, 15) is 13.2 Å². The number of rotatable bonds is 2. The van der Waals surface area contributed by atoms with E-state index in [-0.39, 0.29) is 0 Å². The Morgan fingerprint density at radius 1 is 1.30 bits per heavy atom. The summed E-state index contributed by atoms with van der Waals surface area (Å²) in [5.41, 5.74) is 7.75. The number of aliphatic carboxylic acids is 1. The monoisotopic (exact) mass is 360 g/mol. The molecule has 0 bridgehead atoms. The number of carboxylic acid groups (broad SMARTS) is 1. The highest BCUT2D eigenvalue weighted by atomic mass is 32.1. The summed E-state index contributed by atoms with van der Waals surface area (Å²) in [6, 6.07) is 8.23. The number of hydrogen-bond donors (Lipinski definition) is 2. The third-order valence-corrected chi connectivity index (χ3v) is 4.71. The molecular formula is C14H11F3N2O2S2. The van der Waals surface area contributed by atoms with E-state index in [2.05, 4.69) is 28.6 Å². The summed E-state index contributed by atoms with van der Waals surface area (Å²) in [5.74, 6) is -2.76. The molecule has 3 rings (SSSR count). The number of nitrogen functional groups attached to an aromatic ring is 1. The van der Waals surface area contributed by atoms with E-state index >= 15 is 0 Å². The van der Waals surface area contributed by atoms with Crippen molar-refractivity contribution in [1.29, 1.82) is 0 Å². The quantitative estimate of drug-likeness (QED) is 0.719. The molecular weight excluding hydrogens is 349 g/mol. The molecule has 23 heavy (non-hydrogen) atoms. The Morgan fingerprint density at radius 3 is 2.52 bits per heavy atom. The zero-order chi connectivity index (χ0) is 17.0. The fraction of sp³-hybridized carbons (Fsp3) is 0.143. The van der Waals surface area contributed by atoms with Crippen molar-refractivity contribution in [3.63, 3.8) is 0 Å². The van der Waals surface area contributed by atoms with E-state index in [4.69, 9.17) is 15.6 Å². The van der Waals surface area contributed by atoms with Gasteiger partial charge in [0.15, 0.2) is 0 Å². The minimum absolute atomic E-state index is 0.826. The van der Waals surface area contributed by atoms with Crippen molar-refractivity contribution in [3.8, 4) is 0 Å². The van der Waals surface area contributed by atoms with Crippen LogP contribution in [0.4, 0.5) is 18.9 Å². The molecule has 0 radical (unpaired) electrons. The van der Waals surface area contributed by atoms with Gasteiger partial charge in [-0.2, -0.15) is 13.2 Å². The number of carbonyl (C=O) groups is 1. The summed E-state index contributed by atoms with van der Waals surface area (Å²) in [4.78, 5) is 15.9. The van der Waals surface area contributed by atoms with E-state index in [1.165, 1.54) is 9.75 Å². The fourth-order valence-electron chi connectivity index (χ4n) is 1.68. The van der Waals surface area contributed by atoms with Gasteiger partial charge in [0, 0.05) is 22.4 Å². The Hall–Kier alpha value is -2.13. The summed E-state index contributed by atoms with van der Waals surface area (Å²) >= 11 is 3.53. The number of hydrogen-bond acceptors (Lipinski definition) is 5. The number of aromatic nitrogens is 1. The molecule has 0 spiro atoms. The van der Waals surface area contributed by atoms with Crippen LogP contribution in [0.2, 0.25) is 0 Å². The zero-order valence-corrected chi connectivity index (χ0v) is 13.1. The van der Waals surface area contributed by atoms with Gasteiger partial charge < -0.3 is 10.8 Å². The van der Waals surface area contributed by atoms with Crippen molar-refractivity contribution in [2.75, 3.05) is 5.73 Å². The molecule has 0 amide bonds. The molecule has 0 aliphatic carbocycles. The summed E-state index contributed by atoms with van der Waals surface area (Å²) in [6.07, 6.45) is -2.34. The molecule has 3 aromatic rings. The number of carboxylic acids is 1. The van der Waals surface area contributed by atoms with Gasteiger partial charge in [-0.05, 0) is 23.6 Å². The summed E-state index contributed by atoms with van der Waals surface area (Å²) < 4.78 is 32.8. The van der Waals surface area contributed by atoms with Crippen LogP contribution in [0.15, 0.2) is 35.8 Å². The maximum atomic E-state index is 10.6. The van der Waals surface area contributed by atoms with E-state index in [1.807, 2.05) is 6.07 Å². The zero-order valence-electron chi connectivity index (χ0n) is 11.5. The molecule has 0 aliphatic rings. The van der Waals surface area contributed by atoms with Gasteiger partial charge in [0.1, 0.15) is 0 Å². The number of nitrogens with two attached hydrogens (primary N) is 1. The molecule has 0 aromatic carbocycles. The van der Waals surface area contributed by atoms with Crippen molar-refractivity contribution in [2.24, 2.45) is 0 Å². The smallest absolute Gasteiger partial charge is 0.475 e. The first-order valence-electron chi connectivity index (χ1n) is 6.23. The number of thiophene rings is 2. The van der Waals surface area contributed by atoms with Crippen LogP contribution < -0.4 is 5.73 Å². The Bertz CT molecular complexity index is 798. The number of fused-ring (bicyclic) bond motifs is 1. The molecule has 4 nitrogen and oxygen atoms in total. The van der Waals surface area contributed by atoms with Crippen LogP contribution in [0, 0.1) is 0 Å². The maximum absolute atomic E-state index is 10.6. The number of anilines is 1. The van der Waals surface area contributed by atoms with Crippen molar-refractivity contribution >= 4 is 44.5 Å². The molecule has 0 saturated heterocycles. The highest BCUT2D eigenvalue weighted by molar-refractivity contribution is 7.19. The van der Waals surface area contributed by atoms with Crippen molar-refractivity contribution in [1.82, 2.24) is 4.98 Å². The first-order chi connectivity index (χ1) is 10.8. The molecule has 0 fully saturated rings. The predicted octanol–water partition coefficient (Wildman–Crippen LogP) is 4.16. The Balaban J connectivity index is 0.000000236. The van der Waals surface area contributed by atoms with Gasteiger partial charge in [0.2, 0.25) is 0 Å². The second-order valence-corrected chi connectivity index (χ2v) is 6.56. The first-order valence-corrected chi connectivity index (χ1v) is 7.92. The normalized spacial score (nSPS) is 11.1. The summed E-state index contributed by atoms with van der Waals surface area (Å²) in [6.45, 7) is 0. The van der Waals surface area contributed by atoms with Gasteiger partial charge in [0.05, 0.1) is 15.9 Å². The second-order valence-electron chi connectivity index (χ2n) is 4.39. The van der Waals surface area contributed by atoms with E-state index < -0.39 is 12.1 Å². The second kappa shape index (κ2) is 6.97. The molecule has 0 saturated carbocycles. The van der Waals surface area contributed by atoms with E-state index in [0.717, 1.165) is 22.3 Å². The first kappa shape index (κ1) is 17.2. The van der Waals surface area contributed by atoms with Gasteiger partial charge in [-0.25, -0.2) is 4.79 Å². The highest BCUT2D eigenvalue weighted by Crippen LogP contribution is 2.30. The molecule has 0 atom stereocenters. The highest BCUT2D eigenvalue weighted by Gasteiger charge is 2.38. The number of alkyl halides is 3. The lowest BCUT2D eigenvalue weighted by Crippen LogP contribution is -2.21. The lowest BCUT2D eigenvalue weighted by molar-refractivity contribution is -0.192. The molecule has 0 unspecified atom stereocenters.